The number of allylic oxidation sites excluding steroid dienone is 2. The van der Waals surface area contributed by atoms with Crippen molar-refractivity contribution in [2.75, 3.05) is 7.11 Å². The molecule has 2 unspecified atom stereocenters. The topological polar surface area (TPSA) is 9.23 Å². The van der Waals surface area contributed by atoms with E-state index in [4.69, 9.17) is 0 Å². The second-order valence-corrected chi connectivity index (χ2v) is 7.57. The number of benzene rings is 2. The highest BCUT2D eigenvalue weighted by atomic mass is 28.2. The third-order valence-electron chi connectivity index (χ3n) is 5.16. The Morgan fingerprint density at radius 2 is 1.52 bits per heavy atom. The molecule has 2 aromatic rings. The number of fused-ring (bicyclic) bond motifs is 2. The lowest BCUT2D eigenvalue weighted by Crippen LogP contribution is -2.23. The molecule has 0 amide bonds. The first kappa shape index (κ1) is 16.2. The summed E-state index contributed by atoms with van der Waals surface area (Å²) in [6.07, 6.45) is 9.02. The molecule has 0 aromatic heterocycles. The molecular weight excluding hydrogens is 296 g/mol. The van der Waals surface area contributed by atoms with Crippen LogP contribution in [0.4, 0.5) is 0 Å². The minimum Gasteiger partial charge on any atom is -0.431 e. The van der Waals surface area contributed by atoms with Crippen molar-refractivity contribution >= 4 is 10.5 Å². The molecule has 2 atom stereocenters. The van der Waals surface area contributed by atoms with Gasteiger partial charge < -0.3 is 4.43 Å². The molecule has 0 radical (unpaired) electrons. The van der Waals surface area contributed by atoms with Gasteiger partial charge in [-0.3, -0.25) is 0 Å². The zero-order chi connectivity index (χ0) is 16.1. The standard InChI is InChI=1S/C20H20.CH6OSi/c1-3-7-17(8-4-1)19(18-9-5-2-6-10-18)20-13-11-16(15-20)12-14-20;1-2-3/h1-11,13,16,19H,12,14-15H2;1,3H3. The highest BCUT2D eigenvalue weighted by molar-refractivity contribution is 5.97. The summed E-state index contributed by atoms with van der Waals surface area (Å²) >= 11 is 0. The van der Waals surface area contributed by atoms with Crippen molar-refractivity contribution in [2.24, 2.45) is 11.3 Å². The molecule has 2 bridgehead atoms. The fourth-order valence-corrected chi connectivity index (χ4v) is 4.30. The molecule has 0 N–H and O–H groups in total. The molecule has 0 saturated heterocycles. The van der Waals surface area contributed by atoms with Gasteiger partial charge in [0.05, 0.1) is 0 Å². The van der Waals surface area contributed by atoms with Gasteiger partial charge in [0.25, 0.3) is 0 Å². The van der Waals surface area contributed by atoms with E-state index >= 15 is 0 Å². The van der Waals surface area contributed by atoms with Gasteiger partial charge in [-0.05, 0) is 41.7 Å². The Bertz CT molecular complexity index is 598. The van der Waals surface area contributed by atoms with Gasteiger partial charge in [0.15, 0.2) is 0 Å². The van der Waals surface area contributed by atoms with Crippen LogP contribution in [0.15, 0.2) is 72.8 Å². The molecule has 0 aliphatic heterocycles. The van der Waals surface area contributed by atoms with Crippen LogP contribution in [-0.4, -0.2) is 17.6 Å². The normalized spacial score (nSPS) is 24.7. The largest absolute Gasteiger partial charge is 0.431 e. The van der Waals surface area contributed by atoms with Crippen LogP contribution in [0.5, 0.6) is 0 Å². The highest BCUT2D eigenvalue weighted by Gasteiger charge is 2.47. The van der Waals surface area contributed by atoms with Gasteiger partial charge in [-0.1, -0.05) is 72.8 Å². The van der Waals surface area contributed by atoms with E-state index in [2.05, 4.69) is 77.2 Å². The summed E-state index contributed by atoms with van der Waals surface area (Å²) in [5, 5.41) is 0. The van der Waals surface area contributed by atoms with Crippen molar-refractivity contribution in [1.82, 2.24) is 0 Å². The van der Waals surface area contributed by atoms with Crippen molar-refractivity contribution in [1.29, 1.82) is 0 Å². The smallest absolute Gasteiger partial charge is 0.145 e. The van der Waals surface area contributed by atoms with Crippen molar-refractivity contribution in [2.45, 2.75) is 25.2 Å². The lowest BCUT2D eigenvalue weighted by Gasteiger charge is -2.35. The lowest BCUT2D eigenvalue weighted by atomic mass is 9.68. The third kappa shape index (κ3) is 3.33. The first-order valence-electron chi connectivity index (χ1n) is 8.48. The number of hydrogen-bond donors (Lipinski definition) is 0. The van der Waals surface area contributed by atoms with Crippen molar-refractivity contribution in [3.8, 4) is 0 Å². The van der Waals surface area contributed by atoms with Gasteiger partial charge in [0, 0.05) is 13.0 Å². The van der Waals surface area contributed by atoms with E-state index in [0.717, 1.165) is 16.4 Å². The fourth-order valence-electron chi connectivity index (χ4n) is 4.30. The lowest BCUT2D eigenvalue weighted by molar-refractivity contribution is 0.352. The van der Waals surface area contributed by atoms with Gasteiger partial charge in [-0.15, -0.1) is 0 Å². The molecule has 2 aliphatic rings. The second-order valence-electron chi connectivity index (χ2n) is 6.76. The summed E-state index contributed by atoms with van der Waals surface area (Å²) in [5.74, 6) is 1.33. The number of hydrogen-bond acceptors (Lipinski definition) is 1. The summed E-state index contributed by atoms with van der Waals surface area (Å²) in [4.78, 5) is 0. The van der Waals surface area contributed by atoms with Gasteiger partial charge in [0.2, 0.25) is 0 Å². The average molecular weight is 323 g/mol. The predicted molar refractivity (Wildman–Crippen MR) is 101 cm³/mol. The van der Waals surface area contributed by atoms with Crippen LogP contribution in [-0.2, 0) is 4.43 Å². The zero-order valence-corrected chi connectivity index (χ0v) is 16.1. The highest BCUT2D eigenvalue weighted by Crippen LogP contribution is 2.58. The summed E-state index contributed by atoms with van der Waals surface area (Å²) in [5.41, 5.74) is 3.28. The summed E-state index contributed by atoms with van der Waals surface area (Å²) in [6.45, 7) is 0. The molecule has 0 heterocycles. The molecule has 4 rings (SSSR count). The van der Waals surface area contributed by atoms with Crippen LogP contribution in [0.25, 0.3) is 0 Å². The molecule has 23 heavy (non-hydrogen) atoms. The molecule has 1 nitrogen and oxygen atoms in total. The van der Waals surface area contributed by atoms with Crippen molar-refractivity contribution < 1.29 is 4.43 Å². The van der Waals surface area contributed by atoms with E-state index in [0.29, 0.717) is 11.3 Å². The SMILES string of the molecule is C1=CC2(C(c3ccccc3)c3ccccc3)CCC1C2.CO[SiH3]. The predicted octanol–water partition coefficient (Wildman–Crippen LogP) is 4.09. The van der Waals surface area contributed by atoms with Gasteiger partial charge in [-0.25, -0.2) is 0 Å². The zero-order valence-electron chi connectivity index (χ0n) is 14.1. The van der Waals surface area contributed by atoms with E-state index in [1.54, 1.807) is 7.11 Å². The molecule has 2 aromatic carbocycles. The van der Waals surface area contributed by atoms with Gasteiger partial charge >= 0.3 is 0 Å². The second kappa shape index (κ2) is 7.29. The maximum absolute atomic E-state index is 4.39. The Kier molecular flexibility index (Phi) is 5.14. The summed E-state index contributed by atoms with van der Waals surface area (Å²) < 4.78 is 4.39. The molecule has 120 valence electrons. The van der Waals surface area contributed by atoms with Crippen LogP contribution in [0.2, 0.25) is 0 Å². The van der Waals surface area contributed by atoms with Gasteiger partial charge in [-0.2, -0.15) is 0 Å². The van der Waals surface area contributed by atoms with Gasteiger partial charge in [0.1, 0.15) is 10.5 Å². The monoisotopic (exact) mass is 322 g/mol. The quantitative estimate of drug-likeness (QED) is 0.611. The summed E-state index contributed by atoms with van der Waals surface area (Å²) in [6, 6.07) is 22.1. The van der Waals surface area contributed by atoms with Crippen molar-refractivity contribution in [3.05, 3.63) is 83.9 Å². The molecule has 1 saturated carbocycles. The molecule has 2 aliphatic carbocycles. The fraction of sp³-hybridized carbons (Fsp3) is 0.333. The van der Waals surface area contributed by atoms with E-state index in [9.17, 15) is 0 Å². The Balaban J connectivity index is 0.000000485. The van der Waals surface area contributed by atoms with Crippen LogP contribution in [0, 0.1) is 11.3 Å². The van der Waals surface area contributed by atoms with Crippen LogP contribution >= 0.6 is 0 Å². The minimum absolute atomic E-state index is 0.355. The third-order valence-corrected chi connectivity index (χ3v) is 5.16. The summed E-state index contributed by atoms with van der Waals surface area (Å²) in [7, 11) is 2.56. The first-order chi connectivity index (χ1) is 11.3. The maximum atomic E-state index is 4.39. The van der Waals surface area contributed by atoms with Crippen molar-refractivity contribution in [3.63, 3.8) is 0 Å². The number of rotatable bonds is 3. The molecule has 1 fully saturated rings. The minimum atomic E-state index is 0.355. The molecular formula is C21H26OSi. The van der Waals surface area contributed by atoms with Crippen LogP contribution in [0.3, 0.4) is 0 Å². The molecule has 2 heteroatoms. The Morgan fingerprint density at radius 3 is 1.87 bits per heavy atom. The molecule has 0 spiro atoms. The maximum Gasteiger partial charge on any atom is 0.145 e. The van der Waals surface area contributed by atoms with E-state index in [1.807, 2.05) is 0 Å². The first-order valence-corrected chi connectivity index (χ1v) is 9.30. The Hall–Kier alpha value is -1.64. The van der Waals surface area contributed by atoms with Crippen LogP contribution < -0.4 is 0 Å². The van der Waals surface area contributed by atoms with E-state index in [1.165, 1.54) is 30.4 Å². The van der Waals surface area contributed by atoms with Crippen LogP contribution in [0.1, 0.15) is 36.3 Å². The van der Waals surface area contributed by atoms with E-state index in [-0.39, 0.29) is 0 Å². The van der Waals surface area contributed by atoms with E-state index < -0.39 is 0 Å². The Labute approximate surface area is 142 Å². The Morgan fingerprint density at radius 1 is 1.00 bits per heavy atom. The average Bonchev–Trinajstić information content (AvgIpc) is 3.19.